The lowest BCUT2D eigenvalue weighted by molar-refractivity contribution is -0.143. The first kappa shape index (κ1) is 71.6. The molecule has 3 unspecified atom stereocenters. The summed E-state index contributed by atoms with van der Waals surface area (Å²) in [5.74, 6) is -1.37. The molecular formula is C74H80Cl2N20O10. The van der Waals surface area contributed by atoms with Gasteiger partial charge in [0, 0.05) is 120 Å². The summed E-state index contributed by atoms with van der Waals surface area (Å²) in [5, 5.41) is 32.7. The van der Waals surface area contributed by atoms with Gasteiger partial charge in [-0.05, 0) is 131 Å². The lowest BCUT2D eigenvalue weighted by atomic mass is 9.92. The molecule has 0 bridgehead atoms. The van der Waals surface area contributed by atoms with Gasteiger partial charge in [-0.3, -0.25) is 68.8 Å². The molecule has 4 aromatic carbocycles. The second kappa shape index (κ2) is 30.4. The Kier molecular flexibility index (Phi) is 20.5. The van der Waals surface area contributed by atoms with Gasteiger partial charge in [0.05, 0.1) is 69.1 Å². The van der Waals surface area contributed by atoms with Crippen LogP contribution in [0.4, 0.5) is 46.3 Å². The fourth-order valence-corrected chi connectivity index (χ4v) is 15.0. The van der Waals surface area contributed by atoms with Crippen LogP contribution in [0, 0.1) is 11.8 Å². The zero-order valence-corrected chi connectivity index (χ0v) is 60.8. The number of amides is 6. The fraction of sp³-hybridized carbons (Fsp3) is 0.378. The molecule has 4 aliphatic rings. The molecule has 0 aliphatic carbocycles. The van der Waals surface area contributed by atoms with Crippen LogP contribution in [0.25, 0.3) is 43.6 Å². The zero-order valence-electron chi connectivity index (χ0n) is 59.3. The van der Waals surface area contributed by atoms with Gasteiger partial charge in [0.2, 0.25) is 35.5 Å². The summed E-state index contributed by atoms with van der Waals surface area (Å²) >= 11 is 13.5. The van der Waals surface area contributed by atoms with E-state index in [0.717, 1.165) is 103 Å². The maximum atomic E-state index is 13.7. The Morgan fingerprint density at radius 2 is 1.09 bits per heavy atom. The highest BCUT2D eigenvalue weighted by atomic mass is 35.5. The number of nitrogens with one attached hydrogen (secondary N) is 7. The van der Waals surface area contributed by atoms with Gasteiger partial charge in [-0.15, -0.1) is 0 Å². The number of imide groups is 2. The minimum atomic E-state index is -1.26. The Bertz CT molecular complexity index is 5290. The molecule has 4 saturated heterocycles. The largest absolute Gasteiger partial charge is 0.478 e. The number of likely N-dealkylation sites (N-methyl/N-ethyl adjacent to an activating group) is 1. The van der Waals surface area contributed by atoms with Crippen LogP contribution < -0.4 is 67.7 Å². The minimum Gasteiger partial charge on any atom is -0.478 e. The first-order valence-electron chi connectivity index (χ1n) is 35.4. The lowest BCUT2D eigenvalue weighted by Gasteiger charge is -2.33. The van der Waals surface area contributed by atoms with Crippen molar-refractivity contribution in [2.45, 2.75) is 89.1 Å². The SMILES string of the molecule is CC(Oc1cc2cc(Nc3nc(N4CCC[C@H](CCNc5cccc6c(C7CCC(=O)NC7=O)nn(C)c56)C4)ncc3Cl)ccc2n(C)c1=O)C(=O)NN(C)C(=O)COc1cc2cc(Nc3nc(N4CCC[C@H](CCNc5cccc6c(C7CCC(=O)NC7=O)nn(C)c56)C4)ncc3Cl)ccc2n(C)c1=O. The molecule has 0 saturated carbocycles. The molecule has 0 radical (unpaired) electrons. The van der Waals surface area contributed by atoms with Gasteiger partial charge in [-0.1, -0.05) is 47.5 Å². The number of carbonyl (C=O) groups is 6. The number of benzene rings is 4. The summed E-state index contributed by atoms with van der Waals surface area (Å²) in [7, 11) is 8.23. The number of hydrogen-bond donors (Lipinski definition) is 7. The van der Waals surface area contributed by atoms with Gasteiger partial charge >= 0.3 is 0 Å². The van der Waals surface area contributed by atoms with Crippen LogP contribution in [0.5, 0.6) is 11.5 Å². The van der Waals surface area contributed by atoms with Crippen LogP contribution in [0.2, 0.25) is 10.0 Å². The second-order valence-electron chi connectivity index (χ2n) is 27.5. The van der Waals surface area contributed by atoms with E-state index >= 15 is 0 Å². The van der Waals surface area contributed by atoms with Gasteiger partial charge in [0.25, 0.3) is 22.9 Å². The quantitative estimate of drug-likeness (QED) is 0.0247. The number of para-hydroxylation sites is 2. The average Bonchev–Trinajstić information content (AvgIpc) is 1.54. The Hall–Kier alpha value is -11.4. The van der Waals surface area contributed by atoms with Crippen molar-refractivity contribution < 1.29 is 38.2 Å². The van der Waals surface area contributed by atoms with E-state index in [1.54, 1.807) is 72.3 Å². The summed E-state index contributed by atoms with van der Waals surface area (Å²) < 4.78 is 18.2. The standard InChI is InChI=1S/C74H80Cl2N20O10/c1-40(106-58-34-44-32-46(18-22-56(44)91(3)72(58)104)82-67-52(76)36-80-74(86-67)96-30-10-12-42(38-96)26-28-78-54-16-8-14-48-63(88-94(6)65(48)54)50-20-24-60(98)84-70(50)102)68(100)89-92(4)61(99)39-105-57-33-43-31-45(17-21-55(43)90(2)71(57)103)81-66-51(75)35-79-73(85-66)95-29-9-11-41(37-95)25-27-77-53-15-7-13-47-62(87-93(5)64(47)53)49-19-23-59(97)83-69(49)101/h7-8,13-18,21-22,31-36,40-42,49-50,77-78H,9-12,19-20,23-30,37-39H2,1-6H3,(H,89,100)(H,79,81,85)(H,80,82,86)(H,83,97,101)(H,84,98,102)/t40?,41-,42-,49?,50?/m1/s1. The molecule has 10 aromatic rings. The number of aromatic nitrogens is 10. The number of fused-ring (bicyclic) bond motifs is 4. The maximum absolute atomic E-state index is 13.7. The van der Waals surface area contributed by atoms with Gasteiger partial charge in [0.1, 0.15) is 10.0 Å². The van der Waals surface area contributed by atoms with E-state index < -0.39 is 47.5 Å². The van der Waals surface area contributed by atoms with Crippen molar-refractivity contribution in [3.63, 3.8) is 0 Å². The number of piperidine rings is 4. The predicted octanol–water partition coefficient (Wildman–Crippen LogP) is 8.35. The lowest BCUT2D eigenvalue weighted by Crippen LogP contribution is -2.50. The molecule has 4 fully saturated rings. The van der Waals surface area contributed by atoms with Gasteiger partial charge in [-0.2, -0.15) is 20.2 Å². The minimum absolute atomic E-state index is 0.117. The van der Waals surface area contributed by atoms with Crippen molar-refractivity contribution in [3.05, 3.63) is 139 Å². The molecule has 0 spiro atoms. The zero-order chi connectivity index (χ0) is 74.2. The number of anilines is 8. The number of halogens is 2. The number of pyridine rings is 2. The fourth-order valence-electron chi connectivity index (χ4n) is 14.7. The molecule has 30 nitrogen and oxygen atoms in total. The molecule has 106 heavy (non-hydrogen) atoms. The Morgan fingerprint density at radius 3 is 1.58 bits per heavy atom. The number of carbonyl (C=O) groups excluding carboxylic acids is 6. The number of rotatable bonds is 22. The number of hydrazine groups is 1. The highest BCUT2D eigenvalue weighted by Gasteiger charge is 2.35. The Balaban J connectivity index is 0.560. The highest BCUT2D eigenvalue weighted by Crippen LogP contribution is 2.38. The van der Waals surface area contributed by atoms with Crippen LogP contribution in [0.1, 0.15) is 94.4 Å². The average molecular weight is 1480 g/mol. The van der Waals surface area contributed by atoms with E-state index in [9.17, 15) is 38.4 Å². The van der Waals surface area contributed by atoms with Crippen molar-refractivity contribution in [2.75, 3.05) is 84.0 Å². The van der Waals surface area contributed by atoms with Crippen molar-refractivity contribution in [1.82, 2.24) is 69.7 Å². The first-order valence-corrected chi connectivity index (χ1v) is 36.1. The number of hydrogen-bond acceptors (Lipinski definition) is 22. The third-order valence-corrected chi connectivity index (χ3v) is 20.9. The third kappa shape index (κ3) is 15.0. The van der Waals surface area contributed by atoms with Gasteiger partial charge < -0.3 is 49.7 Å². The van der Waals surface area contributed by atoms with E-state index in [4.69, 9.17) is 52.8 Å². The van der Waals surface area contributed by atoms with Crippen molar-refractivity contribution >= 4 is 149 Å². The predicted molar refractivity (Wildman–Crippen MR) is 403 cm³/mol. The summed E-state index contributed by atoms with van der Waals surface area (Å²) in [4.78, 5) is 127. The van der Waals surface area contributed by atoms with Crippen molar-refractivity contribution in [2.24, 2.45) is 40.0 Å². The maximum Gasteiger partial charge on any atom is 0.293 e. The van der Waals surface area contributed by atoms with Crippen LogP contribution in [0.15, 0.2) is 107 Å². The molecule has 550 valence electrons. The Morgan fingerprint density at radius 1 is 0.623 bits per heavy atom. The molecule has 5 atom stereocenters. The first-order chi connectivity index (χ1) is 51.1. The molecule has 6 aromatic heterocycles. The smallest absolute Gasteiger partial charge is 0.293 e. The molecular weight excluding hydrogens is 1400 g/mol. The van der Waals surface area contributed by atoms with E-state index in [1.807, 2.05) is 50.5 Å². The van der Waals surface area contributed by atoms with Crippen molar-refractivity contribution in [3.8, 4) is 11.5 Å². The second-order valence-corrected chi connectivity index (χ2v) is 28.3. The monoisotopic (exact) mass is 1480 g/mol. The van der Waals surface area contributed by atoms with Crippen molar-refractivity contribution in [1.29, 1.82) is 0 Å². The van der Waals surface area contributed by atoms with Gasteiger partial charge in [0.15, 0.2) is 35.8 Å². The summed E-state index contributed by atoms with van der Waals surface area (Å²) in [6.07, 6.45) is 8.93. The summed E-state index contributed by atoms with van der Waals surface area (Å²) in [6.45, 7) is 5.18. The molecule has 6 amide bonds. The molecule has 7 N–H and O–H groups in total. The normalized spacial score (nSPS) is 18.0. The van der Waals surface area contributed by atoms with Crippen LogP contribution in [0.3, 0.4) is 0 Å². The highest BCUT2D eigenvalue weighted by molar-refractivity contribution is 6.33. The number of ether oxygens (including phenoxy) is 2. The van der Waals surface area contributed by atoms with E-state index in [0.29, 0.717) is 116 Å². The molecule has 32 heteroatoms. The topological polar surface area (TPSA) is 346 Å². The van der Waals surface area contributed by atoms with Crippen LogP contribution in [-0.4, -0.2) is 148 Å². The molecule has 14 rings (SSSR count). The number of nitrogens with zero attached hydrogens (tertiary/aromatic N) is 13. The van der Waals surface area contributed by atoms with Gasteiger partial charge in [-0.25, -0.2) is 9.97 Å². The number of aryl methyl sites for hydroxylation is 4. The summed E-state index contributed by atoms with van der Waals surface area (Å²) in [6, 6.07) is 25.7. The van der Waals surface area contributed by atoms with Crippen LogP contribution in [-0.2, 0) is 57.0 Å². The molecule has 10 heterocycles. The van der Waals surface area contributed by atoms with Crippen LogP contribution >= 0.6 is 23.2 Å². The van der Waals surface area contributed by atoms with E-state index in [1.165, 1.54) is 35.2 Å². The van der Waals surface area contributed by atoms with E-state index in [-0.39, 0.29) is 48.0 Å². The molecule has 4 aliphatic heterocycles. The summed E-state index contributed by atoms with van der Waals surface area (Å²) in [5.41, 5.74) is 8.80. The Labute approximate surface area is 617 Å². The van der Waals surface area contributed by atoms with E-state index in [2.05, 4.69) is 57.1 Å². The third-order valence-electron chi connectivity index (χ3n) is 20.3.